The first-order chi connectivity index (χ1) is 13.3. The van der Waals surface area contributed by atoms with Gasteiger partial charge in [0.2, 0.25) is 5.91 Å². The van der Waals surface area contributed by atoms with Gasteiger partial charge in [0.25, 0.3) is 0 Å². The van der Waals surface area contributed by atoms with Gasteiger partial charge in [0.15, 0.2) is 0 Å². The fraction of sp³-hybridized carbons (Fsp3) is 0.105. The highest BCUT2D eigenvalue weighted by atomic mass is 127. The molecule has 0 radical (unpaired) electrons. The van der Waals surface area contributed by atoms with Crippen molar-refractivity contribution >= 4 is 63.3 Å². The van der Waals surface area contributed by atoms with Crippen molar-refractivity contribution in [3.63, 3.8) is 0 Å². The summed E-state index contributed by atoms with van der Waals surface area (Å²) in [7, 11) is 0. The van der Waals surface area contributed by atoms with Crippen LogP contribution in [-0.2, 0) is 14.4 Å². The maximum atomic E-state index is 12.0. The SMILES string of the molecule is C=C(CC(=O)Nc1cccc(I)c1)NNC(=O)C(=O)Nc1cccc(Cl)c1C. The lowest BCUT2D eigenvalue weighted by Gasteiger charge is -2.12. The molecule has 0 fully saturated rings. The summed E-state index contributed by atoms with van der Waals surface area (Å²) in [5, 5.41) is 5.66. The van der Waals surface area contributed by atoms with Gasteiger partial charge in [-0.05, 0) is 65.4 Å². The zero-order valence-corrected chi connectivity index (χ0v) is 17.8. The van der Waals surface area contributed by atoms with Gasteiger partial charge in [-0.25, -0.2) is 0 Å². The normalized spacial score (nSPS) is 9.96. The molecule has 9 heteroatoms. The van der Waals surface area contributed by atoms with Crippen LogP contribution in [0.1, 0.15) is 12.0 Å². The number of hydrogen-bond donors (Lipinski definition) is 4. The van der Waals surface area contributed by atoms with Gasteiger partial charge in [0.05, 0.1) is 6.42 Å². The summed E-state index contributed by atoms with van der Waals surface area (Å²) in [6.45, 7) is 5.38. The van der Waals surface area contributed by atoms with Gasteiger partial charge >= 0.3 is 11.8 Å². The van der Waals surface area contributed by atoms with E-state index in [1.54, 1.807) is 31.2 Å². The van der Waals surface area contributed by atoms with Crippen LogP contribution in [0.15, 0.2) is 54.7 Å². The first-order valence-corrected chi connectivity index (χ1v) is 9.57. The van der Waals surface area contributed by atoms with E-state index >= 15 is 0 Å². The van der Waals surface area contributed by atoms with Gasteiger partial charge in [-0.15, -0.1) is 0 Å². The van der Waals surface area contributed by atoms with Crippen molar-refractivity contribution in [2.45, 2.75) is 13.3 Å². The standard InChI is InChI=1S/C19H18ClIN4O3/c1-11(9-17(26)22-14-6-3-5-13(21)10-14)24-25-19(28)18(27)23-16-8-4-7-15(20)12(16)2/h3-8,10,24H,1,9H2,2H3,(H,22,26)(H,23,27)(H,25,28). The molecule has 0 aliphatic carbocycles. The summed E-state index contributed by atoms with van der Waals surface area (Å²) in [6.07, 6.45) is -0.0826. The zero-order valence-electron chi connectivity index (χ0n) is 14.9. The van der Waals surface area contributed by atoms with Crippen LogP contribution in [0.2, 0.25) is 5.02 Å². The lowest BCUT2D eigenvalue weighted by atomic mass is 10.2. The molecule has 0 saturated carbocycles. The summed E-state index contributed by atoms with van der Waals surface area (Å²) in [5.41, 5.74) is 6.62. The van der Waals surface area contributed by atoms with Crippen molar-refractivity contribution < 1.29 is 14.4 Å². The predicted octanol–water partition coefficient (Wildman–Crippen LogP) is 3.35. The Morgan fingerprint density at radius 1 is 1.04 bits per heavy atom. The van der Waals surface area contributed by atoms with Crippen LogP contribution in [0.25, 0.3) is 0 Å². The minimum atomic E-state index is -0.932. The van der Waals surface area contributed by atoms with E-state index < -0.39 is 11.8 Å². The third kappa shape index (κ3) is 6.54. The first kappa shape index (κ1) is 21.7. The highest BCUT2D eigenvalue weighted by Crippen LogP contribution is 2.22. The van der Waals surface area contributed by atoms with Crippen molar-refractivity contribution in [1.82, 2.24) is 10.9 Å². The molecule has 0 saturated heterocycles. The molecule has 2 aromatic rings. The molecule has 0 aliphatic heterocycles. The Labute approximate surface area is 181 Å². The van der Waals surface area contributed by atoms with E-state index in [0.717, 1.165) is 3.57 Å². The number of halogens is 2. The van der Waals surface area contributed by atoms with Crippen molar-refractivity contribution in [1.29, 1.82) is 0 Å². The van der Waals surface area contributed by atoms with Gasteiger partial charge in [-0.1, -0.05) is 30.3 Å². The fourth-order valence-electron chi connectivity index (χ4n) is 2.13. The molecule has 3 amide bonds. The molecular weight excluding hydrogens is 495 g/mol. The molecule has 0 aromatic heterocycles. The van der Waals surface area contributed by atoms with E-state index in [-0.39, 0.29) is 18.0 Å². The number of carbonyl (C=O) groups excluding carboxylic acids is 3. The van der Waals surface area contributed by atoms with Crippen molar-refractivity contribution in [3.8, 4) is 0 Å². The van der Waals surface area contributed by atoms with E-state index in [4.69, 9.17) is 11.6 Å². The number of hydrogen-bond acceptors (Lipinski definition) is 4. The Balaban J connectivity index is 1.79. The molecule has 146 valence electrons. The van der Waals surface area contributed by atoms with Crippen molar-refractivity contribution in [3.05, 3.63) is 68.9 Å². The number of hydrazine groups is 1. The smallest absolute Gasteiger partial charge is 0.326 e. The Hall–Kier alpha value is -2.59. The summed E-state index contributed by atoms with van der Waals surface area (Å²) in [6, 6.07) is 12.3. The Kier molecular flexibility index (Phi) is 7.82. The van der Waals surface area contributed by atoms with E-state index in [9.17, 15) is 14.4 Å². The number of nitrogens with one attached hydrogen (secondary N) is 4. The maximum absolute atomic E-state index is 12.0. The molecule has 4 N–H and O–H groups in total. The van der Waals surface area contributed by atoms with E-state index in [0.29, 0.717) is 22.0 Å². The highest BCUT2D eigenvalue weighted by molar-refractivity contribution is 14.1. The van der Waals surface area contributed by atoms with Crippen LogP contribution in [0.3, 0.4) is 0 Å². The largest absolute Gasteiger partial charge is 0.327 e. The summed E-state index contributed by atoms with van der Waals surface area (Å²) < 4.78 is 0.987. The monoisotopic (exact) mass is 512 g/mol. The Morgan fingerprint density at radius 2 is 1.75 bits per heavy atom. The molecule has 0 atom stereocenters. The second kappa shape index (κ2) is 10.1. The summed E-state index contributed by atoms with van der Waals surface area (Å²) in [5.74, 6) is -2.12. The molecule has 0 heterocycles. The quantitative estimate of drug-likeness (QED) is 0.271. The number of anilines is 2. The predicted molar refractivity (Wildman–Crippen MR) is 118 cm³/mol. The lowest BCUT2D eigenvalue weighted by molar-refractivity contribution is -0.136. The Morgan fingerprint density at radius 3 is 2.46 bits per heavy atom. The van der Waals surface area contributed by atoms with Gasteiger partial charge in [0, 0.05) is 25.7 Å². The van der Waals surface area contributed by atoms with Crippen LogP contribution >= 0.6 is 34.2 Å². The number of benzene rings is 2. The van der Waals surface area contributed by atoms with Crippen molar-refractivity contribution in [2.75, 3.05) is 10.6 Å². The molecule has 2 aromatic carbocycles. The van der Waals surface area contributed by atoms with Gasteiger partial charge < -0.3 is 16.1 Å². The number of amides is 3. The summed E-state index contributed by atoms with van der Waals surface area (Å²) >= 11 is 8.12. The lowest BCUT2D eigenvalue weighted by Crippen LogP contribution is -2.43. The third-order valence-electron chi connectivity index (χ3n) is 3.56. The van der Waals surface area contributed by atoms with E-state index in [1.807, 2.05) is 18.2 Å². The first-order valence-electron chi connectivity index (χ1n) is 8.12. The van der Waals surface area contributed by atoms with Gasteiger partial charge in [-0.3, -0.25) is 19.8 Å². The fourth-order valence-corrected chi connectivity index (χ4v) is 2.85. The Bertz CT molecular complexity index is 933. The van der Waals surface area contributed by atoms with Crippen LogP contribution in [0, 0.1) is 10.5 Å². The molecule has 28 heavy (non-hydrogen) atoms. The maximum Gasteiger partial charge on any atom is 0.327 e. The zero-order chi connectivity index (χ0) is 20.7. The second-order valence-corrected chi connectivity index (χ2v) is 7.44. The van der Waals surface area contributed by atoms with E-state index in [1.165, 1.54) is 0 Å². The van der Waals surface area contributed by atoms with Crippen molar-refractivity contribution in [2.24, 2.45) is 0 Å². The topological polar surface area (TPSA) is 99.3 Å². The van der Waals surface area contributed by atoms with Crippen LogP contribution < -0.4 is 21.5 Å². The molecule has 0 bridgehead atoms. The highest BCUT2D eigenvalue weighted by Gasteiger charge is 2.15. The molecule has 0 aliphatic rings. The molecule has 7 nitrogen and oxygen atoms in total. The molecular formula is C19H18ClIN4O3. The number of carbonyl (C=O) groups is 3. The van der Waals surface area contributed by atoms with Crippen LogP contribution in [0.5, 0.6) is 0 Å². The third-order valence-corrected chi connectivity index (χ3v) is 4.64. The average molecular weight is 513 g/mol. The molecule has 2 rings (SSSR count). The second-order valence-electron chi connectivity index (χ2n) is 5.78. The van der Waals surface area contributed by atoms with Gasteiger partial charge in [-0.2, -0.15) is 0 Å². The average Bonchev–Trinajstić information content (AvgIpc) is 2.63. The summed E-state index contributed by atoms with van der Waals surface area (Å²) in [4.78, 5) is 35.9. The van der Waals surface area contributed by atoms with Crippen LogP contribution in [-0.4, -0.2) is 17.7 Å². The minimum absolute atomic E-state index is 0.0826. The van der Waals surface area contributed by atoms with Crippen LogP contribution in [0.4, 0.5) is 11.4 Å². The van der Waals surface area contributed by atoms with Gasteiger partial charge in [0.1, 0.15) is 0 Å². The molecule has 0 unspecified atom stereocenters. The number of rotatable bonds is 6. The van der Waals surface area contributed by atoms with E-state index in [2.05, 4.69) is 50.7 Å². The molecule has 0 spiro atoms. The minimum Gasteiger partial charge on any atom is -0.326 e.